The molecule has 0 aliphatic carbocycles. The van der Waals surface area contributed by atoms with Crippen LogP contribution in [0, 0.1) is 0 Å². The van der Waals surface area contributed by atoms with Crippen molar-refractivity contribution in [3.63, 3.8) is 0 Å². The van der Waals surface area contributed by atoms with Crippen LogP contribution in [0.1, 0.15) is 5.56 Å². The lowest BCUT2D eigenvalue weighted by Gasteiger charge is -2.27. The third kappa shape index (κ3) is 3.21. The molecule has 1 aliphatic rings. The predicted molar refractivity (Wildman–Crippen MR) is 89.8 cm³/mol. The van der Waals surface area contributed by atoms with Crippen molar-refractivity contribution in [3.05, 3.63) is 54.1 Å². The molecule has 0 atom stereocenters. The lowest BCUT2D eigenvalue weighted by atomic mass is 10.1. The predicted octanol–water partition coefficient (Wildman–Crippen LogP) is 3.40. The van der Waals surface area contributed by atoms with Gasteiger partial charge in [0.05, 0.1) is 13.2 Å². The molecule has 3 aromatic rings. The minimum atomic E-state index is 0.528. The highest BCUT2D eigenvalue weighted by Crippen LogP contribution is 2.25. The summed E-state index contributed by atoms with van der Waals surface area (Å²) in [6.07, 6.45) is 0. The van der Waals surface area contributed by atoms with E-state index in [1.165, 1.54) is 5.56 Å². The molecule has 1 saturated heterocycles. The number of ether oxygens (including phenoxy) is 1. The summed E-state index contributed by atoms with van der Waals surface area (Å²) in [5, 5.41) is 3.32. The fraction of sp³-hybridized carbons (Fsp3) is 0.278. The van der Waals surface area contributed by atoms with E-state index in [1.54, 1.807) is 0 Å². The van der Waals surface area contributed by atoms with Gasteiger partial charge < -0.3 is 14.5 Å². The topological polar surface area (TPSA) is 50.5 Å². The molecule has 0 amide bonds. The molecule has 5 heteroatoms. The Morgan fingerprint density at radius 1 is 1.00 bits per heavy atom. The molecular formula is C18H19N3O2. The van der Waals surface area contributed by atoms with Crippen LogP contribution in [0.3, 0.4) is 0 Å². The van der Waals surface area contributed by atoms with Crippen LogP contribution in [0.5, 0.6) is 0 Å². The molecule has 2 aromatic carbocycles. The second-order valence-corrected chi connectivity index (χ2v) is 5.66. The minimum absolute atomic E-state index is 0.528. The highest BCUT2D eigenvalue weighted by atomic mass is 16.5. The number of morpholine rings is 1. The number of aromatic nitrogens is 1. The summed E-state index contributed by atoms with van der Waals surface area (Å²) in [6.45, 7) is 4.45. The van der Waals surface area contributed by atoms with Crippen LogP contribution in [-0.2, 0) is 11.3 Å². The normalized spacial score (nSPS) is 15.8. The van der Waals surface area contributed by atoms with Crippen molar-refractivity contribution in [3.8, 4) is 0 Å². The Hall–Kier alpha value is -2.37. The monoisotopic (exact) mass is 309 g/mol. The minimum Gasteiger partial charge on any atom is -0.423 e. The molecule has 118 valence electrons. The van der Waals surface area contributed by atoms with Gasteiger partial charge >= 0.3 is 0 Å². The average Bonchev–Trinajstić information content (AvgIpc) is 3.00. The first-order valence-electron chi connectivity index (χ1n) is 7.89. The third-order valence-corrected chi connectivity index (χ3v) is 4.05. The summed E-state index contributed by atoms with van der Waals surface area (Å²) in [5.41, 5.74) is 3.92. The lowest BCUT2D eigenvalue weighted by Crippen LogP contribution is -2.35. The molecule has 0 radical (unpaired) electrons. The van der Waals surface area contributed by atoms with Gasteiger partial charge in [0.15, 0.2) is 5.58 Å². The summed E-state index contributed by atoms with van der Waals surface area (Å²) in [6, 6.07) is 16.6. The summed E-state index contributed by atoms with van der Waals surface area (Å²) < 4.78 is 11.2. The number of anilines is 2. The molecule has 1 aliphatic heterocycles. The molecule has 5 nitrogen and oxygen atoms in total. The molecule has 2 heterocycles. The van der Waals surface area contributed by atoms with Gasteiger partial charge in [-0.25, -0.2) is 0 Å². The highest BCUT2D eigenvalue weighted by Gasteiger charge is 2.13. The van der Waals surface area contributed by atoms with Crippen LogP contribution < -0.4 is 5.32 Å². The van der Waals surface area contributed by atoms with Gasteiger partial charge in [-0.05, 0) is 23.8 Å². The van der Waals surface area contributed by atoms with Gasteiger partial charge in [0.2, 0.25) is 0 Å². The Morgan fingerprint density at radius 2 is 1.78 bits per heavy atom. The standard InChI is InChI=1S/C18H19N3O2/c1-2-6-15(14(5-1)13-21-9-11-22-12-10-21)19-18-20-16-7-3-4-8-17(16)23-18/h1-8H,9-13H2,(H,19,20). The zero-order valence-corrected chi connectivity index (χ0v) is 12.9. The molecule has 0 unspecified atom stereocenters. The van der Waals surface area contributed by atoms with Crippen LogP contribution >= 0.6 is 0 Å². The molecule has 1 aromatic heterocycles. The van der Waals surface area contributed by atoms with Gasteiger partial charge in [0.25, 0.3) is 6.01 Å². The zero-order chi connectivity index (χ0) is 15.5. The number of para-hydroxylation sites is 3. The van der Waals surface area contributed by atoms with Gasteiger partial charge in [-0.15, -0.1) is 0 Å². The van der Waals surface area contributed by atoms with Crippen LogP contribution in [0.15, 0.2) is 52.9 Å². The zero-order valence-electron chi connectivity index (χ0n) is 12.9. The quantitative estimate of drug-likeness (QED) is 0.800. The van der Waals surface area contributed by atoms with Crippen molar-refractivity contribution in [2.24, 2.45) is 0 Å². The third-order valence-electron chi connectivity index (χ3n) is 4.05. The van der Waals surface area contributed by atoms with E-state index in [9.17, 15) is 0 Å². The smallest absolute Gasteiger partial charge is 0.300 e. The number of rotatable bonds is 4. The molecule has 1 N–H and O–H groups in total. The summed E-state index contributed by atoms with van der Waals surface area (Å²) >= 11 is 0. The van der Waals surface area contributed by atoms with Crippen molar-refractivity contribution in [2.45, 2.75) is 6.54 Å². The van der Waals surface area contributed by atoms with Crippen LogP contribution in [-0.4, -0.2) is 36.2 Å². The molecule has 4 rings (SSSR count). The van der Waals surface area contributed by atoms with E-state index in [-0.39, 0.29) is 0 Å². The van der Waals surface area contributed by atoms with Gasteiger partial charge in [0.1, 0.15) is 5.52 Å². The van der Waals surface area contributed by atoms with E-state index >= 15 is 0 Å². The Morgan fingerprint density at radius 3 is 2.65 bits per heavy atom. The van der Waals surface area contributed by atoms with Gasteiger partial charge in [-0.3, -0.25) is 4.90 Å². The Labute approximate surface area is 134 Å². The number of nitrogens with one attached hydrogen (secondary N) is 1. The van der Waals surface area contributed by atoms with Crippen LogP contribution in [0.25, 0.3) is 11.1 Å². The number of nitrogens with zero attached hydrogens (tertiary/aromatic N) is 2. The van der Waals surface area contributed by atoms with Crippen LogP contribution in [0.2, 0.25) is 0 Å². The maximum absolute atomic E-state index is 5.76. The van der Waals surface area contributed by atoms with E-state index in [1.807, 2.05) is 30.3 Å². The van der Waals surface area contributed by atoms with E-state index in [4.69, 9.17) is 9.15 Å². The van der Waals surface area contributed by atoms with Crippen molar-refractivity contribution in [1.29, 1.82) is 0 Å². The Kier molecular flexibility index (Phi) is 3.96. The van der Waals surface area contributed by atoms with Crippen molar-refractivity contribution < 1.29 is 9.15 Å². The fourth-order valence-electron chi connectivity index (χ4n) is 2.82. The summed E-state index contributed by atoms with van der Waals surface area (Å²) in [4.78, 5) is 6.88. The fourth-order valence-corrected chi connectivity index (χ4v) is 2.82. The summed E-state index contributed by atoms with van der Waals surface area (Å²) in [7, 11) is 0. The first-order chi connectivity index (χ1) is 11.4. The number of benzene rings is 2. The number of fused-ring (bicyclic) bond motifs is 1. The molecular weight excluding hydrogens is 290 g/mol. The lowest BCUT2D eigenvalue weighted by molar-refractivity contribution is 0.0343. The van der Waals surface area contributed by atoms with Gasteiger partial charge in [0, 0.05) is 25.3 Å². The number of hydrogen-bond acceptors (Lipinski definition) is 5. The molecule has 0 bridgehead atoms. The summed E-state index contributed by atoms with van der Waals surface area (Å²) in [5.74, 6) is 0. The Balaban J connectivity index is 1.56. The second kappa shape index (κ2) is 6.40. The van der Waals surface area contributed by atoms with E-state index in [0.29, 0.717) is 6.01 Å². The van der Waals surface area contributed by atoms with Crippen LogP contribution in [0.4, 0.5) is 11.7 Å². The molecule has 0 saturated carbocycles. The van der Waals surface area contributed by atoms with E-state index in [2.05, 4.69) is 33.4 Å². The maximum atomic E-state index is 5.76. The second-order valence-electron chi connectivity index (χ2n) is 5.66. The van der Waals surface area contributed by atoms with Gasteiger partial charge in [-0.2, -0.15) is 4.98 Å². The molecule has 0 spiro atoms. The SMILES string of the molecule is c1ccc(Nc2nc3ccccc3o2)c(CN2CCOCC2)c1. The van der Waals surface area contributed by atoms with Crippen molar-refractivity contribution >= 4 is 22.8 Å². The first kappa shape index (κ1) is 14.2. The largest absolute Gasteiger partial charge is 0.423 e. The first-order valence-corrected chi connectivity index (χ1v) is 7.89. The van der Waals surface area contributed by atoms with Crippen molar-refractivity contribution in [1.82, 2.24) is 9.88 Å². The van der Waals surface area contributed by atoms with E-state index in [0.717, 1.165) is 49.6 Å². The maximum Gasteiger partial charge on any atom is 0.300 e. The molecule has 23 heavy (non-hydrogen) atoms. The number of hydrogen-bond donors (Lipinski definition) is 1. The Bertz CT molecular complexity index is 761. The average molecular weight is 309 g/mol. The molecule has 1 fully saturated rings. The highest BCUT2D eigenvalue weighted by molar-refractivity contribution is 5.75. The number of oxazole rings is 1. The van der Waals surface area contributed by atoms with E-state index < -0.39 is 0 Å². The van der Waals surface area contributed by atoms with Crippen molar-refractivity contribution in [2.75, 3.05) is 31.6 Å². The van der Waals surface area contributed by atoms with Gasteiger partial charge in [-0.1, -0.05) is 30.3 Å².